The molecule has 6 heteroatoms. The number of hydrogen-bond acceptors (Lipinski definition) is 4. The molecule has 0 spiro atoms. The van der Waals surface area contributed by atoms with Gasteiger partial charge in [-0.15, -0.1) is 0 Å². The molecule has 3 N–H and O–H groups in total. The Balaban J connectivity index is 2.59. The number of carboxylic acid groups (broad SMARTS) is 1. The number of nitrogens with two attached hydrogens (primary N) is 1. The molecule has 0 aliphatic heterocycles. The third-order valence-electron chi connectivity index (χ3n) is 2.62. The Hall–Kier alpha value is -2.89. The number of carboxylic acids is 1. The lowest BCUT2D eigenvalue weighted by Gasteiger charge is -2.04. The minimum Gasteiger partial charge on any atom is -0.478 e. The predicted octanol–water partition coefficient (Wildman–Crippen LogP) is 2.54. The van der Waals surface area contributed by atoms with Crippen LogP contribution in [0.15, 0.2) is 42.5 Å². The molecule has 0 atom stereocenters. The first kappa shape index (κ1) is 12.6. The minimum atomic E-state index is -1.21. The lowest BCUT2D eigenvalue weighted by Crippen LogP contribution is -1.99. The lowest BCUT2D eigenvalue weighted by atomic mass is 10.0. The van der Waals surface area contributed by atoms with Crippen molar-refractivity contribution >= 4 is 17.3 Å². The molecule has 0 aromatic heterocycles. The maximum atomic E-state index is 11.0. The molecule has 2 aromatic carbocycles. The van der Waals surface area contributed by atoms with E-state index in [9.17, 15) is 14.9 Å². The standard InChI is InChI=1S/C13H10N2O4/c14-11-3-1-8(2-4-11)9-5-10(13(16)17)7-12(6-9)15(18)19/h1-7H,14H2,(H,16,17). The number of rotatable bonds is 3. The number of aromatic carboxylic acids is 1. The number of nitro groups is 1. The summed E-state index contributed by atoms with van der Waals surface area (Å²) >= 11 is 0. The number of nitro benzene ring substituents is 1. The predicted molar refractivity (Wildman–Crippen MR) is 69.9 cm³/mol. The summed E-state index contributed by atoms with van der Waals surface area (Å²) in [5, 5.41) is 19.8. The van der Waals surface area contributed by atoms with Gasteiger partial charge in [-0.2, -0.15) is 0 Å². The maximum absolute atomic E-state index is 11.0. The summed E-state index contributed by atoms with van der Waals surface area (Å²) in [6.07, 6.45) is 0. The highest BCUT2D eigenvalue weighted by atomic mass is 16.6. The molecule has 0 radical (unpaired) electrons. The Labute approximate surface area is 108 Å². The number of nitrogen functional groups attached to an aromatic ring is 1. The third kappa shape index (κ3) is 2.68. The molecular formula is C13H10N2O4. The summed E-state index contributed by atoms with van der Waals surface area (Å²) in [7, 11) is 0. The van der Waals surface area contributed by atoms with Gasteiger partial charge in [-0.25, -0.2) is 4.79 Å². The van der Waals surface area contributed by atoms with E-state index in [1.165, 1.54) is 12.1 Å². The number of nitrogens with zero attached hydrogens (tertiary/aromatic N) is 1. The third-order valence-corrected chi connectivity index (χ3v) is 2.62. The van der Waals surface area contributed by atoms with Gasteiger partial charge in [-0.05, 0) is 29.3 Å². The molecule has 0 aliphatic rings. The zero-order valence-electron chi connectivity index (χ0n) is 9.74. The van der Waals surface area contributed by atoms with E-state index in [4.69, 9.17) is 10.8 Å². The second-order valence-corrected chi connectivity index (χ2v) is 3.95. The first-order valence-corrected chi connectivity index (χ1v) is 5.36. The van der Waals surface area contributed by atoms with Crippen LogP contribution in [-0.2, 0) is 0 Å². The SMILES string of the molecule is Nc1ccc(-c2cc(C(=O)O)cc([N+](=O)[O-])c2)cc1. The molecule has 19 heavy (non-hydrogen) atoms. The molecule has 0 heterocycles. The fraction of sp³-hybridized carbons (Fsp3) is 0. The van der Waals surface area contributed by atoms with Gasteiger partial charge in [0.2, 0.25) is 0 Å². The average molecular weight is 258 g/mol. The Kier molecular flexibility index (Phi) is 3.15. The molecule has 96 valence electrons. The summed E-state index contributed by atoms with van der Waals surface area (Å²) < 4.78 is 0. The van der Waals surface area contributed by atoms with Crippen molar-refractivity contribution in [2.24, 2.45) is 0 Å². The van der Waals surface area contributed by atoms with Gasteiger partial charge in [0.25, 0.3) is 5.69 Å². The smallest absolute Gasteiger partial charge is 0.335 e. The highest BCUT2D eigenvalue weighted by molar-refractivity contribution is 5.90. The Morgan fingerprint density at radius 3 is 2.26 bits per heavy atom. The second kappa shape index (κ2) is 4.77. The number of hydrogen-bond donors (Lipinski definition) is 2. The molecule has 0 saturated heterocycles. The van der Waals surface area contributed by atoms with Crippen LogP contribution in [0.4, 0.5) is 11.4 Å². The fourth-order valence-corrected chi connectivity index (χ4v) is 1.68. The largest absolute Gasteiger partial charge is 0.478 e. The zero-order chi connectivity index (χ0) is 14.0. The van der Waals surface area contributed by atoms with Gasteiger partial charge >= 0.3 is 5.97 Å². The van der Waals surface area contributed by atoms with E-state index in [-0.39, 0.29) is 11.3 Å². The van der Waals surface area contributed by atoms with E-state index in [0.29, 0.717) is 16.8 Å². The topological polar surface area (TPSA) is 106 Å². The zero-order valence-corrected chi connectivity index (χ0v) is 9.74. The van der Waals surface area contributed by atoms with Crippen molar-refractivity contribution in [1.82, 2.24) is 0 Å². The number of benzene rings is 2. The molecular weight excluding hydrogens is 248 g/mol. The second-order valence-electron chi connectivity index (χ2n) is 3.95. The summed E-state index contributed by atoms with van der Waals surface area (Å²) in [4.78, 5) is 21.2. The van der Waals surface area contributed by atoms with Gasteiger partial charge in [-0.1, -0.05) is 12.1 Å². The molecule has 0 fully saturated rings. The summed E-state index contributed by atoms with van der Waals surface area (Å²) in [6, 6.07) is 10.4. The molecule has 2 aromatic rings. The lowest BCUT2D eigenvalue weighted by molar-refractivity contribution is -0.384. The van der Waals surface area contributed by atoms with E-state index in [1.807, 2.05) is 0 Å². The number of non-ortho nitro benzene ring substituents is 1. The van der Waals surface area contributed by atoms with Gasteiger partial charge in [0.05, 0.1) is 10.5 Å². The van der Waals surface area contributed by atoms with Crippen molar-refractivity contribution < 1.29 is 14.8 Å². The van der Waals surface area contributed by atoms with Crippen molar-refractivity contribution in [1.29, 1.82) is 0 Å². The summed E-state index contributed by atoms with van der Waals surface area (Å²) in [6.45, 7) is 0. The van der Waals surface area contributed by atoms with Crippen LogP contribution in [-0.4, -0.2) is 16.0 Å². The Morgan fingerprint density at radius 2 is 1.74 bits per heavy atom. The normalized spacial score (nSPS) is 10.1. The van der Waals surface area contributed by atoms with Crippen molar-refractivity contribution in [2.45, 2.75) is 0 Å². The van der Waals surface area contributed by atoms with Crippen LogP contribution in [0.5, 0.6) is 0 Å². The monoisotopic (exact) mass is 258 g/mol. The Morgan fingerprint density at radius 1 is 1.11 bits per heavy atom. The number of anilines is 1. The van der Waals surface area contributed by atoms with Crippen molar-refractivity contribution in [3.8, 4) is 11.1 Å². The fourth-order valence-electron chi connectivity index (χ4n) is 1.68. The van der Waals surface area contributed by atoms with Crippen LogP contribution in [0.3, 0.4) is 0 Å². The maximum Gasteiger partial charge on any atom is 0.335 e. The van der Waals surface area contributed by atoms with Gasteiger partial charge in [-0.3, -0.25) is 10.1 Å². The Bertz CT molecular complexity index is 618. The molecule has 0 amide bonds. The molecule has 0 bridgehead atoms. The van der Waals surface area contributed by atoms with E-state index in [0.717, 1.165) is 6.07 Å². The van der Waals surface area contributed by atoms with Crippen molar-refractivity contribution in [3.63, 3.8) is 0 Å². The van der Waals surface area contributed by atoms with Crippen LogP contribution in [0.25, 0.3) is 11.1 Å². The van der Waals surface area contributed by atoms with Gasteiger partial charge < -0.3 is 10.8 Å². The van der Waals surface area contributed by atoms with E-state index >= 15 is 0 Å². The number of carbonyl (C=O) groups is 1. The van der Waals surface area contributed by atoms with Crippen LogP contribution in [0.1, 0.15) is 10.4 Å². The van der Waals surface area contributed by atoms with Crippen molar-refractivity contribution in [3.05, 3.63) is 58.1 Å². The van der Waals surface area contributed by atoms with Crippen LogP contribution < -0.4 is 5.73 Å². The molecule has 0 aliphatic carbocycles. The first-order valence-electron chi connectivity index (χ1n) is 5.36. The van der Waals surface area contributed by atoms with Gasteiger partial charge in [0, 0.05) is 17.8 Å². The van der Waals surface area contributed by atoms with Crippen LogP contribution in [0.2, 0.25) is 0 Å². The van der Waals surface area contributed by atoms with Crippen molar-refractivity contribution in [2.75, 3.05) is 5.73 Å². The average Bonchev–Trinajstić information content (AvgIpc) is 2.39. The van der Waals surface area contributed by atoms with E-state index < -0.39 is 10.9 Å². The molecule has 0 saturated carbocycles. The van der Waals surface area contributed by atoms with Crippen LogP contribution >= 0.6 is 0 Å². The molecule has 0 unspecified atom stereocenters. The van der Waals surface area contributed by atoms with Crippen LogP contribution in [0, 0.1) is 10.1 Å². The first-order chi connectivity index (χ1) is 8.97. The molecule has 2 rings (SSSR count). The van der Waals surface area contributed by atoms with E-state index in [2.05, 4.69) is 0 Å². The van der Waals surface area contributed by atoms with E-state index in [1.54, 1.807) is 24.3 Å². The van der Waals surface area contributed by atoms with Gasteiger partial charge in [0.1, 0.15) is 0 Å². The quantitative estimate of drug-likeness (QED) is 0.499. The summed E-state index contributed by atoms with van der Waals surface area (Å²) in [5.41, 5.74) is 6.87. The minimum absolute atomic E-state index is 0.124. The molecule has 6 nitrogen and oxygen atoms in total. The highest BCUT2D eigenvalue weighted by Crippen LogP contribution is 2.26. The van der Waals surface area contributed by atoms with Gasteiger partial charge in [0.15, 0.2) is 0 Å². The highest BCUT2D eigenvalue weighted by Gasteiger charge is 2.14. The summed E-state index contributed by atoms with van der Waals surface area (Å²) in [5.74, 6) is -1.21.